The fourth-order valence-electron chi connectivity index (χ4n) is 1.26. The van der Waals surface area contributed by atoms with Crippen molar-refractivity contribution in [2.45, 2.75) is 18.2 Å². The zero-order chi connectivity index (χ0) is 11.6. The number of nitrogens with two attached hydrogens (primary N) is 1. The van der Waals surface area contributed by atoms with Crippen LogP contribution in [0.5, 0.6) is 0 Å². The fraction of sp³-hybridized carbons (Fsp3) is 0.400. The second kappa shape index (κ2) is 4.51. The van der Waals surface area contributed by atoms with Crippen molar-refractivity contribution in [2.75, 3.05) is 6.26 Å². The van der Waals surface area contributed by atoms with E-state index in [1.54, 1.807) is 31.2 Å². The summed E-state index contributed by atoms with van der Waals surface area (Å²) in [5, 5.41) is -0.141. The van der Waals surface area contributed by atoms with E-state index in [2.05, 4.69) is 0 Å². The minimum atomic E-state index is -3.15. The Labute approximate surface area is 95.2 Å². The van der Waals surface area contributed by atoms with E-state index in [9.17, 15) is 8.42 Å². The second-order valence-electron chi connectivity index (χ2n) is 3.58. The van der Waals surface area contributed by atoms with Gasteiger partial charge in [-0.3, -0.25) is 0 Å². The summed E-state index contributed by atoms with van der Waals surface area (Å²) in [6.07, 6.45) is 1.17. The largest absolute Gasteiger partial charge is 0.323 e. The van der Waals surface area contributed by atoms with E-state index in [-0.39, 0.29) is 0 Å². The van der Waals surface area contributed by atoms with Crippen LogP contribution in [0.3, 0.4) is 0 Å². The molecule has 84 valence electrons. The van der Waals surface area contributed by atoms with Crippen molar-refractivity contribution < 1.29 is 8.42 Å². The number of sulfone groups is 1. The van der Waals surface area contributed by atoms with Crippen molar-refractivity contribution in [2.24, 2.45) is 5.73 Å². The molecule has 2 unspecified atom stereocenters. The Kier molecular flexibility index (Phi) is 3.76. The molecule has 0 saturated heterocycles. The topological polar surface area (TPSA) is 60.2 Å². The van der Waals surface area contributed by atoms with Gasteiger partial charge in [0, 0.05) is 17.3 Å². The van der Waals surface area contributed by atoms with E-state index in [1.807, 2.05) is 0 Å². The van der Waals surface area contributed by atoms with Gasteiger partial charge < -0.3 is 5.73 Å². The third-order valence-corrected chi connectivity index (χ3v) is 4.43. The Bertz CT molecular complexity index is 444. The van der Waals surface area contributed by atoms with Crippen LogP contribution in [0.15, 0.2) is 24.3 Å². The first kappa shape index (κ1) is 12.5. The van der Waals surface area contributed by atoms with Gasteiger partial charge in [-0.2, -0.15) is 0 Å². The molecule has 1 aromatic rings. The molecule has 0 heterocycles. The number of halogens is 1. The molecule has 0 bridgehead atoms. The highest BCUT2D eigenvalue weighted by Gasteiger charge is 2.25. The van der Waals surface area contributed by atoms with E-state index in [1.165, 1.54) is 6.26 Å². The Balaban J connectivity index is 3.06. The van der Waals surface area contributed by atoms with Gasteiger partial charge in [0.25, 0.3) is 0 Å². The number of rotatable bonds is 3. The lowest BCUT2D eigenvalue weighted by molar-refractivity contribution is 0.571. The summed E-state index contributed by atoms with van der Waals surface area (Å²) < 4.78 is 22.7. The third-order valence-electron chi connectivity index (χ3n) is 2.45. The third kappa shape index (κ3) is 2.93. The van der Waals surface area contributed by atoms with Gasteiger partial charge in [-0.25, -0.2) is 8.42 Å². The lowest BCUT2D eigenvalue weighted by atomic mass is 10.1. The van der Waals surface area contributed by atoms with E-state index >= 15 is 0 Å². The number of hydrogen-bond acceptors (Lipinski definition) is 3. The molecule has 0 radical (unpaired) electrons. The lowest BCUT2D eigenvalue weighted by Crippen LogP contribution is -2.30. The summed E-state index contributed by atoms with van der Waals surface area (Å²) in [7, 11) is -3.15. The predicted octanol–water partition coefficient (Wildman–Crippen LogP) is 1.77. The zero-order valence-corrected chi connectivity index (χ0v) is 10.2. The zero-order valence-electron chi connectivity index (χ0n) is 8.64. The van der Waals surface area contributed by atoms with Gasteiger partial charge >= 0.3 is 0 Å². The molecule has 0 aliphatic carbocycles. The van der Waals surface area contributed by atoms with Gasteiger partial charge in [-0.05, 0) is 18.6 Å². The van der Waals surface area contributed by atoms with E-state index < -0.39 is 21.1 Å². The smallest absolute Gasteiger partial charge is 0.151 e. The summed E-state index contributed by atoms with van der Waals surface area (Å²) in [6.45, 7) is 1.59. The minimum absolute atomic E-state index is 0.500. The van der Waals surface area contributed by atoms with Gasteiger partial charge in [-0.1, -0.05) is 29.8 Å². The maximum atomic E-state index is 11.3. The van der Waals surface area contributed by atoms with Crippen molar-refractivity contribution in [1.82, 2.24) is 0 Å². The lowest BCUT2D eigenvalue weighted by Gasteiger charge is -2.19. The van der Waals surface area contributed by atoms with Gasteiger partial charge in [-0.15, -0.1) is 0 Å². The molecule has 0 fully saturated rings. The summed E-state index contributed by atoms with van der Waals surface area (Å²) in [4.78, 5) is 0. The van der Waals surface area contributed by atoms with Crippen LogP contribution in [0.4, 0.5) is 0 Å². The van der Waals surface area contributed by atoms with Gasteiger partial charge in [0.05, 0.1) is 5.25 Å². The fourth-order valence-corrected chi connectivity index (χ4v) is 2.21. The molecule has 0 aliphatic rings. The van der Waals surface area contributed by atoms with Crippen molar-refractivity contribution in [3.8, 4) is 0 Å². The molecule has 0 aliphatic heterocycles. The number of benzene rings is 1. The van der Waals surface area contributed by atoms with Crippen LogP contribution in [0.1, 0.15) is 18.5 Å². The van der Waals surface area contributed by atoms with Gasteiger partial charge in [0.1, 0.15) is 0 Å². The Morgan fingerprint density at radius 1 is 1.33 bits per heavy atom. The molecular weight excluding hydrogens is 234 g/mol. The van der Waals surface area contributed by atoms with E-state index in [4.69, 9.17) is 17.3 Å². The van der Waals surface area contributed by atoms with Gasteiger partial charge in [0.2, 0.25) is 0 Å². The molecule has 15 heavy (non-hydrogen) atoms. The second-order valence-corrected chi connectivity index (χ2v) is 6.39. The molecule has 0 spiro atoms. The first-order chi connectivity index (χ1) is 6.84. The standard InChI is InChI=1S/C10H14ClNO2S/c1-7(15(2,13)14)10(12)8-5-3-4-6-9(8)11/h3-7,10H,12H2,1-2H3. The molecule has 0 aromatic heterocycles. The summed E-state index contributed by atoms with van der Waals surface area (Å²) in [5.74, 6) is 0. The molecule has 2 atom stereocenters. The average molecular weight is 248 g/mol. The molecule has 1 aromatic carbocycles. The molecule has 0 saturated carbocycles. The Morgan fingerprint density at radius 3 is 2.33 bits per heavy atom. The summed E-state index contributed by atoms with van der Waals surface area (Å²) in [6, 6.07) is 6.42. The van der Waals surface area contributed by atoms with Crippen molar-refractivity contribution >= 4 is 21.4 Å². The van der Waals surface area contributed by atoms with E-state index in [0.717, 1.165) is 0 Å². The van der Waals surface area contributed by atoms with Crippen molar-refractivity contribution in [3.05, 3.63) is 34.9 Å². The Hall–Kier alpha value is -0.580. The summed E-state index contributed by atoms with van der Waals surface area (Å²) >= 11 is 5.94. The molecule has 3 nitrogen and oxygen atoms in total. The van der Waals surface area contributed by atoms with Crippen LogP contribution >= 0.6 is 11.6 Å². The maximum Gasteiger partial charge on any atom is 0.151 e. The molecule has 2 N–H and O–H groups in total. The highest BCUT2D eigenvalue weighted by molar-refractivity contribution is 7.91. The molecule has 5 heteroatoms. The SMILES string of the molecule is CC(C(N)c1ccccc1Cl)S(C)(=O)=O. The average Bonchev–Trinajstić information content (AvgIpc) is 2.15. The predicted molar refractivity (Wildman–Crippen MR) is 62.7 cm³/mol. The van der Waals surface area contributed by atoms with Crippen LogP contribution in [0.25, 0.3) is 0 Å². The molecule has 0 amide bonds. The monoisotopic (exact) mass is 247 g/mol. The molecule has 1 rings (SSSR count). The van der Waals surface area contributed by atoms with Crippen LogP contribution in [0.2, 0.25) is 5.02 Å². The van der Waals surface area contributed by atoms with Crippen LogP contribution in [0, 0.1) is 0 Å². The first-order valence-corrected chi connectivity index (χ1v) is 6.86. The first-order valence-electron chi connectivity index (χ1n) is 4.53. The van der Waals surface area contributed by atoms with Crippen LogP contribution < -0.4 is 5.73 Å². The summed E-state index contributed by atoms with van der Waals surface area (Å²) in [5.41, 5.74) is 6.53. The van der Waals surface area contributed by atoms with Gasteiger partial charge in [0.15, 0.2) is 9.84 Å². The van der Waals surface area contributed by atoms with Crippen molar-refractivity contribution in [3.63, 3.8) is 0 Å². The number of hydrogen-bond donors (Lipinski definition) is 1. The van der Waals surface area contributed by atoms with E-state index in [0.29, 0.717) is 10.6 Å². The van der Waals surface area contributed by atoms with Crippen molar-refractivity contribution in [1.29, 1.82) is 0 Å². The quantitative estimate of drug-likeness (QED) is 0.886. The van der Waals surface area contributed by atoms with Crippen LogP contribution in [-0.4, -0.2) is 19.9 Å². The normalized spacial score (nSPS) is 16.0. The highest BCUT2D eigenvalue weighted by atomic mass is 35.5. The Morgan fingerprint density at radius 2 is 1.87 bits per heavy atom. The van der Waals surface area contributed by atoms with Crippen LogP contribution in [-0.2, 0) is 9.84 Å². The highest BCUT2D eigenvalue weighted by Crippen LogP contribution is 2.25. The molecular formula is C10H14ClNO2S. The maximum absolute atomic E-state index is 11.3. The minimum Gasteiger partial charge on any atom is -0.323 e.